The molecule has 0 fully saturated rings. The van der Waals surface area contributed by atoms with E-state index in [1.807, 2.05) is 13.0 Å². The summed E-state index contributed by atoms with van der Waals surface area (Å²) in [5.74, 6) is -1.13. The van der Waals surface area contributed by atoms with E-state index < -0.39 is 24.6 Å². The van der Waals surface area contributed by atoms with Crippen LogP contribution in [0, 0.1) is 0 Å². The van der Waals surface area contributed by atoms with Crippen LogP contribution in [0.3, 0.4) is 0 Å². The predicted molar refractivity (Wildman–Crippen MR) is 66.7 cm³/mol. The second-order valence-corrected chi connectivity index (χ2v) is 4.72. The van der Waals surface area contributed by atoms with Gasteiger partial charge in [-0.25, -0.2) is 0 Å². The van der Waals surface area contributed by atoms with Crippen LogP contribution >= 0.6 is 15.9 Å². The third-order valence-electron chi connectivity index (χ3n) is 2.55. The molecule has 0 aliphatic heterocycles. The number of aliphatic hydroxyl groups excluding tert-OH is 2. The number of benzene rings is 1. The fourth-order valence-electron chi connectivity index (χ4n) is 1.67. The van der Waals surface area contributed by atoms with Gasteiger partial charge in [-0.1, -0.05) is 28.9 Å². The lowest BCUT2D eigenvalue weighted by molar-refractivity contribution is -0.141. The van der Waals surface area contributed by atoms with Crippen LogP contribution in [0.15, 0.2) is 22.7 Å². The number of rotatable bonds is 5. The van der Waals surface area contributed by atoms with E-state index in [4.69, 9.17) is 5.11 Å². The number of halogens is 1. The van der Waals surface area contributed by atoms with Crippen LogP contribution in [-0.2, 0) is 11.2 Å². The van der Waals surface area contributed by atoms with Gasteiger partial charge in [0.2, 0.25) is 0 Å². The number of aliphatic carboxylic acids is 1. The van der Waals surface area contributed by atoms with Crippen molar-refractivity contribution in [2.45, 2.75) is 32.0 Å². The van der Waals surface area contributed by atoms with Crippen LogP contribution in [0.1, 0.15) is 30.6 Å². The third-order valence-corrected chi connectivity index (χ3v) is 3.05. The molecule has 1 rings (SSSR count). The van der Waals surface area contributed by atoms with Crippen molar-refractivity contribution < 1.29 is 20.1 Å². The first-order chi connectivity index (χ1) is 7.95. The number of hydrogen-bond donors (Lipinski definition) is 3. The third kappa shape index (κ3) is 3.80. The molecule has 3 N–H and O–H groups in total. The SMILES string of the molecule is CCc1cc(Br)ccc1C(O)C(O)CC(=O)O. The van der Waals surface area contributed by atoms with Gasteiger partial charge in [-0.15, -0.1) is 0 Å². The molecule has 0 spiro atoms. The van der Waals surface area contributed by atoms with Gasteiger partial charge in [0.1, 0.15) is 6.10 Å². The Labute approximate surface area is 108 Å². The lowest BCUT2D eigenvalue weighted by Gasteiger charge is -2.19. The summed E-state index contributed by atoms with van der Waals surface area (Å²) in [5, 5.41) is 28.1. The zero-order valence-corrected chi connectivity index (χ0v) is 11.0. The number of aliphatic hydroxyl groups is 2. The van der Waals surface area contributed by atoms with Crippen molar-refractivity contribution in [2.24, 2.45) is 0 Å². The van der Waals surface area contributed by atoms with Gasteiger partial charge in [0, 0.05) is 4.47 Å². The summed E-state index contributed by atoms with van der Waals surface area (Å²) in [7, 11) is 0. The van der Waals surface area contributed by atoms with Crippen molar-refractivity contribution in [3.05, 3.63) is 33.8 Å². The van der Waals surface area contributed by atoms with Gasteiger partial charge >= 0.3 is 5.97 Å². The minimum Gasteiger partial charge on any atom is -0.481 e. The van der Waals surface area contributed by atoms with Gasteiger partial charge in [0.15, 0.2) is 0 Å². The Morgan fingerprint density at radius 2 is 2.06 bits per heavy atom. The molecule has 5 heteroatoms. The average Bonchev–Trinajstić information content (AvgIpc) is 2.27. The molecular formula is C12H15BrO4. The van der Waals surface area contributed by atoms with Crippen LogP contribution < -0.4 is 0 Å². The highest BCUT2D eigenvalue weighted by Gasteiger charge is 2.22. The molecule has 0 aliphatic rings. The predicted octanol–water partition coefficient (Wildman–Crippen LogP) is 1.88. The maximum atomic E-state index is 10.5. The highest BCUT2D eigenvalue weighted by Crippen LogP contribution is 2.26. The van der Waals surface area contributed by atoms with E-state index in [0.717, 1.165) is 10.0 Å². The lowest BCUT2D eigenvalue weighted by atomic mass is 9.96. The van der Waals surface area contributed by atoms with Gasteiger partial charge in [0.05, 0.1) is 12.5 Å². The zero-order valence-electron chi connectivity index (χ0n) is 9.43. The molecule has 2 atom stereocenters. The molecule has 0 aliphatic carbocycles. The van der Waals surface area contributed by atoms with Crippen molar-refractivity contribution in [2.75, 3.05) is 0 Å². The second-order valence-electron chi connectivity index (χ2n) is 3.81. The Morgan fingerprint density at radius 1 is 1.41 bits per heavy atom. The molecule has 17 heavy (non-hydrogen) atoms. The molecule has 0 bridgehead atoms. The molecule has 4 nitrogen and oxygen atoms in total. The topological polar surface area (TPSA) is 77.8 Å². The first-order valence-corrected chi connectivity index (χ1v) is 6.11. The van der Waals surface area contributed by atoms with E-state index in [-0.39, 0.29) is 0 Å². The van der Waals surface area contributed by atoms with Crippen LogP contribution in [0.25, 0.3) is 0 Å². The number of hydrogen-bond acceptors (Lipinski definition) is 3. The molecule has 0 saturated carbocycles. The average molecular weight is 303 g/mol. The van der Waals surface area contributed by atoms with Crippen molar-refractivity contribution in [1.29, 1.82) is 0 Å². The molecule has 1 aromatic rings. The first kappa shape index (κ1) is 14.2. The van der Waals surface area contributed by atoms with E-state index in [1.54, 1.807) is 12.1 Å². The molecule has 0 aromatic heterocycles. The summed E-state index contributed by atoms with van der Waals surface area (Å²) in [6, 6.07) is 5.30. The summed E-state index contributed by atoms with van der Waals surface area (Å²) in [5.41, 5.74) is 1.46. The van der Waals surface area contributed by atoms with Crippen molar-refractivity contribution in [3.63, 3.8) is 0 Å². The number of carboxylic acids is 1. The fourth-order valence-corrected chi connectivity index (χ4v) is 2.08. The monoisotopic (exact) mass is 302 g/mol. The maximum Gasteiger partial charge on any atom is 0.306 e. The largest absolute Gasteiger partial charge is 0.481 e. The van der Waals surface area contributed by atoms with Crippen LogP contribution in [0.2, 0.25) is 0 Å². The Balaban J connectivity index is 2.94. The minimum atomic E-state index is -1.29. The highest BCUT2D eigenvalue weighted by atomic mass is 79.9. The Bertz CT molecular complexity index is 405. The minimum absolute atomic E-state index is 0.472. The van der Waals surface area contributed by atoms with Crippen molar-refractivity contribution in [1.82, 2.24) is 0 Å². The molecule has 94 valence electrons. The van der Waals surface area contributed by atoms with Gasteiger partial charge in [-0.05, 0) is 29.7 Å². The van der Waals surface area contributed by atoms with Gasteiger partial charge in [0.25, 0.3) is 0 Å². The zero-order chi connectivity index (χ0) is 13.0. The van der Waals surface area contributed by atoms with E-state index in [9.17, 15) is 15.0 Å². The highest BCUT2D eigenvalue weighted by molar-refractivity contribution is 9.10. The summed E-state index contributed by atoms with van der Waals surface area (Å²) >= 11 is 3.33. The van der Waals surface area contributed by atoms with Crippen LogP contribution in [-0.4, -0.2) is 27.4 Å². The molecule has 1 aromatic carbocycles. The maximum absolute atomic E-state index is 10.5. The molecule has 2 unspecified atom stereocenters. The van der Waals surface area contributed by atoms with Gasteiger partial charge < -0.3 is 15.3 Å². The number of carboxylic acid groups (broad SMARTS) is 1. The summed E-state index contributed by atoms with van der Waals surface area (Å²) in [4.78, 5) is 10.5. The van der Waals surface area contributed by atoms with E-state index in [0.29, 0.717) is 12.0 Å². The summed E-state index contributed by atoms with van der Waals surface area (Å²) in [6.45, 7) is 1.93. The van der Waals surface area contributed by atoms with Gasteiger partial charge in [-0.3, -0.25) is 4.79 Å². The van der Waals surface area contributed by atoms with Crippen LogP contribution in [0.4, 0.5) is 0 Å². The van der Waals surface area contributed by atoms with Crippen molar-refractivity contribution >= 4 is 21.9 Å². The molecule has 0 amide bonds. The Kier molecular flexibility index (Phi) is 5.11. The molecule has 0 saturated heterocycles. The summed E-state index contributed by atoms with van der Waals surface area (Å²) in [6.07, 6.45) is -2.24. The van der Waals surface area contributed by atoms with Crippen molar-refractivity contribution in [3.8, 4) is 0 Å². The Hall–Kier alpha value is -0.910. The Morgan fingerprint density at radius 3 is 2.59 bits per heavy atom. The normalized spacial score (nSPS) is 14.4. The smallest absolute Gasteiger partial charge is 0.306 e. The van der Waals surface area contributed by atoms with Crippen LogP contribution in [0.5, 0.6) is 0 Å². The fraction of sp³-hybridized carbons (Fsp3) is 0.417. The number of aryl methyl sites for hydroxylation is 1. The second kappa shape index (κ2) is 6.14. The quantitative estimate of drug-likeness (QED) is 0.776. The first-order valence-electron chi connectivity index (χ1n) is 5.32. The van der Waals surface area contributed by atoms with E-state index in [1.165, 1.54) is 0 Å². The number of carbonyl (C=O) groups is 1. The molecular weight excluding hydrogens is 288 g/mol. The lowest BCUT2D eigenvalue weighted by Crippen LogP contribution is -2.22. The standard InChI is InChI=1S/C12H15BrO4/c1-2-7-5-8(13)3-4-9(7)12(17)10(14)6-11(15)16/h3-5,10,12,14,17H,2,6H2,1H3,(H,15,16). The summed E-state index contributed by atoms with van der Waals surface area (Å²) < 4.78 is 0.887. The van der Waals surface area contributed by atoms with Gasteiger partial charge in [-0.2, -0.15) is 0 Å². The molecule has 0 heterocycles. The van der Waals surface area contributed by atoms with E-state index in [2.05, 4.69) is 15.9 Å². The molecule has 0 radical (unpaired) electrons. The van der Waals surface area contributed by atoms with E-state index >= 15 is 0 Å².